The van der Waals surface area contributed by atoms with Crippen LogP contribution in [-0.2, 0) is 11.3 Å². The summed E-state index contributed by atoms with van der Waals surface area (Å²) in [4.78, 5) is 12.4. The number of morpholine rings is 1. The van der Waals surface area contributed by atoms with Gasteiger partial charge in [-0.2, -0.15) is 0 Å². The minimum Gasteiger partial charge on any atom is -0.375 e. The maximum Gasteiger partial charge on any atom is 0.128 e. The molecule has 0 aromatic carbocycles. The Kier molecular flexibility index (Phi) is 5.25. The largest absolute Gasteiger partial charge is 0.375 e. The van der Waals surface area contributed by atoms with Crippen molar-refractivity contribution in [2.75, 3.05) is 24.6 Å². The molecule has 3 rings (SSSR count). The molecule has 1 aliphatic rings. The molecular formula is C17H24N4OS. The van der Waals surface area contributed by atoms with Crippen molar-refractivity contribution in [1.29, 1.82) is 0 Å². The summed E-state index contributed by atoms with van der Waals surface area (Å²) in [6, 6.07) is 4.56. The molecule has 5 nitrogen and oxygen atoms in total. The summed E-state index contributed by atoms with van der Waals surface area (Å²) < 4.78 is 5.60. The van der Waals surface area contributed by atoms with Gasteiger partial charge in [0.15, 0.2) is 0 Å². The Morgan fingerprint density at radius 2 is 2.35 bits per heavy atom. The number of nitrogens with one attached hydrogen (secondary N) is 1. The number of ether oxygens (including phenoxy) is 1. The molecule has 0 spiro atoms. The molecule has 23 heavy (non-hydrogen) atoms. The van der Waals surface area contributed by atoms with Crippen LogP contribution in [0.1, 0.15) is 35.3 Å². The maximum absolute atomic E-state index is 5.60. The molecule has 1 saturated heterocycles. The van der Waals surface area contributed by atoms with Crippen LogP contribution >= 0.6 is 11.3 Å². The van der Waals surface area contributed by atoms with E-state index in [4.69, 9.17) is 4.74 Å². The molecule has 2 aromatic rings. The van der Waals surface area contributed by atoms with Crippen molar-refractivity contribution in [2.24, 2.45) is 0 Å². The van der Waals surface area contributed by atoms with Crippen LogP contribution in [0.5, 0.6) is 0 Å². The fourth-order valence-corrected chi connectivity index (χ4v) is 3.53. The number of hydrogen-bond donors (Lipinski definition) is 1. The lowest BCUT2D eigenvalue weighted by Crippen LogP contribution is -2.41. The number of aryl methyl sites for hydroxylation is 1. The molecule has 0 aliphatic carbocycles. The van der Waals surface area contributed by atoms with Crippen LogP contribution in [0.2, 0.25) is 0 Å². The quantitative estimate of drug-likeness (QED) is 0.912. The Bertz CT molecular complexity index is 645. The van der Waals surface area contributed by atoms with E-state index in [1.807, 2.05) is 19.3 Å². The standard InChI is InChI=1S/C17H24N4OS/c1-12-11-21(6-7-22-12)17-8-15(4-5-18-17)9-19-13(2)16-10-20-14(3)23-16/h4-5,8,10,12-13,19H,6-7,9,11H2,1-3H3/t12-,13-/m0/s1. The van der Waals surface area contributed by atoms with Crippen molar-refractivity contribution in [3.63, 3.8) is 0 Å². The average molecular weight is 332 g/mol. The molecule has 0 radical (unpaired) electrons. The van der Waals surface area contributed by atoms with Gasteiger partial charge in [-0.25, -0.2) is 9.97 Å². The Balaban J connectivity index is 1.61. The van der Waals surface area contributed by atoms with Crippen molar-refractivity contribution in [1.82, 2.24) is 15.3 Å². The molecule has 0 bridgehead atoms. The first-order chi connectivity index (χ1) is 11.1. The van der Waals surface area contributed by atoms with Crippen LogP contribution in [0.4, 0.5) is 5.82 Å². The summed E-state index contributed by atoms with van der Waals surface area (Å²) in [5.41, 5.74) is 1.25. The summed E-state index contributed by atoms with van der Waals surface area (Å²) in [6.45, 7) is 9.74. The van der Waals surface area contributed by atoms with Gasteiger partial charge in [-0.3, -0.25) is 0 Å². The van der Waals surface area contributed by atoms with E-state index >= 15 is 0 Å². The van der Waals surface area contributed by atoms with Gasteiger partial charge in [-0.05, 0) is 38.5 Å². The van der Waals surface area contributed by atoms with Gasteiger partial charge >= 0.3 is 0 Å². The monoisotopic (exact) mass is 332 g/mol. The Hall–Kier alpha value is -1.50. The van der Waals surface area contributed by atoms with Crippen LogP contribution in [0.15, 0.2) is 24.5 Å². The zero-order valence-electron chi connectivity index (χ0n) is 14.0. The molecule has 0 saturated carbocycles. The smallest absolute Gasteiger partial charge is 0.128 e. The second-order valence-corrected chi connectivity index (χ2v) is 7.30. The third kappa shape index (κ3) is 4.28. The van der Waals surface area contributed by atoms with E-state index in [9.17, 15) is 0 Å². The molecule has 0 unspecified atom stereocenters. The van der Waals surface area contributed by atoms with E-state index in [0.717, 1.165) is 37.1 Å². The Morgan fingerprint density at radius 1 is 1.48 bits per heavy atom. The van der Waals surface area contributed by atoms with E-state index in [1.165, 1.54) is 10.4 Å². The maximum atomic E-state index is 5.60. The van der Waals surface area contributed by atoms with E-state index in [1.54, 1.807) is 11.3 Å². The Labute approximate surface area is 141 Å². The molecule has 3 heterocycles. The fraction of sp³-hybridized carbons (Fsp3) is 0.529. The topological polar surface area (TPSA) is 50.3 Å². The third-order valence-electron chi connectivity index (χ3n) is 4.05. The molecule has 1 aliphatic heterocycles. The number of anilines is 1. The normalized spacial score (nSPS) is 19.8. The Morgan fingerprint density at radius 3 is 3.09 bits per heavy atom. The van der Waals surface area contributed by atoms with Gasteiger partial charge in [0, 0.05) is 42.9 Å². The fourth-order valence-electron chi connectivity index (χ4n) is 2.72. The van der Waals surface area contributed by atoms with Crippen molar-refractivity contribution in [2.45, 2.75) is 39.5 Å². The lowest BCUT2D eigenvalue weighted by Gasteiger charge is -2.32. The van der Waals surface area contributed by atoms with Crippen LogP contribution in [0.3, 0.4) is 0 Å². The lowest BCUT2D eigenvalue weighted by molar-refractivity contribution is 0.0529. The SMILES string of the molecule is Cc1ncc([C@H](C)NCc2ccnc(N3CCO[C@@H](C)C3)c2)s1. The van der Waals surface area contributed by atoms with Crippen molar-refractivity contribution >= 4 is 17.2 Å². The molecule has 124 valence electrons. The zero-order chi connectivity index (χ0) is 16.2. The van der Waals surface area contributed by atoms with Gasteiger partial charge in [-0.1, -0.05) is 0 Å². The summed E-state index contributed by atoms with van der Waals surface area (Å²) in [5.74, 6) is 1.04. The summed E-state index contributed by atoms with van der Waals surface area (Å²) >= 11 is 1.75. The van der Waals surface area contributed by atoms with Crippen molar-refractivity contribution < 1.29 is 4.74 Å². The number of thiazole rings is 1. The predicted octanol–water partition coefficient (Wildman–Crippen LogP) is 2.92. The summed E-state index contributed by atoms with van der Waals surface area (Å²) in [5, 5.41) is 4.68. The van der Waals surface area contributed by atoms with E-state index in [0.29, 0.717) is 6.04 Å². The third-order valence-corrected chi connectivity index (χ3v) is 5.15. The molecule has 1 fully saturated rings. The molecule has 2 atom stereocenters. The molecule has 1 N–H and O–H groups in total. The number of hydrogen-bond acceptors (Lipinski definition) is 6. The highest BCUT2D eigenvalue weighted by Crippen LogP contribution is 2.21. The van der Waals surface area contributed by atoms with Gasteiger partial charge < -0.3 is 15.0 Å². The average Bonchev–Trinajstić information content (AvgIpc) is 2.99. The minimum atomic E-state index is 0.266. The highest BCUT2D eigenvalue weighted by Gasteiger charge is 2.18. The van der Waals surface area contributed by atoms with Gasteiger partial charge in [-0.15, -0.1) is 11.3 Å². The van der Waals surface area contributed by atoms with Crippen LogP contribution in [0.25, 0.3) is 0 Å². The number of pyridine rings is 1. The van der Waals surface area contributed by atoms with Gasteiger partial charge in [0.25, 0.3) is 0 Å². The summed E-state index contributed by atoms with van der Waals surface area (Å²) in [6.07, 6.45) is 4.13. The number of nitrogens with zero attached hydrogens (tertiary/aromatic N) is 3. The first-order valence-corrected chi connectivity index (χ1v) is 8.90. The highest BCUT2D eigenvalue weighted by atomic mass is 32.1. The summed E-state index contributed by atoms with van der Waals surface area (Å²) in [7, 11) is 0. The lowest BCUT2D eigenvalue weighted by atomic mass is 10.2. The van der Waals surface area contributed by atoms with Gasteiger partial charge in [0.05, 0.1) is 17.7 Å². The van der Waals surface area contributed by atoms with Crippen molar-refractivity contribution in [3.8, 4) is 0 Å². The van der Waals surface area contributed by atoms with E-state index in [-0.39, 0.29) is 6.10 Å². The second kappa shape index (κ2) is 7.38. The van der Waals surface area contributed by atoms with Gasteiger partial charge in [0.1, 0.15) is 5.82 Å². The molecular weight excluding hydrogens is 308 g/mol. The molecule has 0 amide bonds. The van der Waals surface area contributed by atoms with Crippen LogP contribution < -0.4 is 10.2 Å². The van der Waals surface area contributed by atoms with Gasteiger partial charge in [0.2, 0.25) is 0 Å². The number of rotatable bonds is 5. The second-order valence-electron chi connectivity index (χ2n) is 6.03. The van der Waals surface area contributed by atoms with E-state index < -0.39 is 0 Å². The van der Waals surface area contributed by atoms with E-state index in [2.05, 4.69) is 46.2 Å². The molecule has 2 aromatic heterocycles. The van der Waals surface area contributed by atoms with Crippen LogP contribution in [0, 0.1) is 6.92 Å². The van der Waals surface area contributed by atoms with Crippen LogP contribution in [-0.4, -0.2) is 35.8 Å². The predicted molar refractivity (Wildman–Crippen MR) is 94.0 cm³/mol. The number of aromatic nitrogens is 2. The first kappa shape index (κ1) is 16.4. The molecule has 6 heteroatoms. The van der Waals surface area contributed by atoms with Crippen molar-refractivity contribution in [3.05, 3.63) is 40.0 Å². The highest BCUT2D eigenvalue weighted by molar-refractivity contribution is 7.11. The first-order valence-electron chi connectivity index (χ1n) is 8.09. The minimum absolute atomic E-state index is 0.266. The zero-order valence-corrected chi connectivity index (χ0v) is 14.8.